The van der Waals surface area contributed by atoms with Gasteiger partial charge < -0.3 is 5.32 Å². The molecule has 0 amide bonds. The van der Waals surface area contributed by atoms with Crippen LogP contribution in [0.4, 0.5) is 5.69 Å². The van der Waals surface area contributed by atoms with Crippen molar-refractivity contribution in [2.24, 2.45) is 0 Å². The van der Waals surface area contributed by atoms with E-state index in [0.717, 1.165) is 24.3 Å². The summed E-state index contributed by atoms with van der Waals surface area (Å²) < 4.78 is 63.4. The third-order valence-corrected chi connectivity index (χ3v) is 6.29. The maximum Gasteiger partial charge on any atom is 0.294 e. The summed E-state index contributed by atoms with van der Waals surface area (Å²) in [5.74, 6) is -1.19. The molecule has 0 unspecified atom stereocenters. The minimum absolute atomic E-state index is 0.0139. The van der Waals surface area contributed by atoms with Crippen LogP contribution in [0.5, 0.6) is 0 Å². The van der Waals surface area contributed by atoms with E-state index < -0.39 is 41.6 Å². The summed E-state index contributed by atoms with van der Waals surface area (Å²) in [4.78, 5) is 24.5. The SMILES string of the molecule is O=C1/C(=C2\Nc3ccc(S(=O)(=O)O)cc3C2=O)Cc2ccc(S(=O)(=O)O)cc21. The fourth-order valence-electron chi connectivity index (χ4n) is 3.24. The molecule has 28 heavy (non-hydrogen) atoms. The second-order valence-corrected chi connectivity index (χ2v) is 9.13. The predicted molar refractivity (Wildman–Crippen MR) is 95.5 cm³/mol. The molecule has 0 spiro atoms. The summed E-state index contributed by atoms with van der Waals surface area (Å²) in [6, 6.07) is 7.01. The molecule has 0 saturated heterocycles. The molecule has 1 heterocycles. The van der Waals surface area contributed by atoms with Crippen LogP contribution in [0, 0.1) is 0 Å². The number of ketones is 2. The first-order valence-electron chi connectivity index (χ1n) is 7.78. The van der Waals surface area contributed by atoms with Gasteiger partial charge in [-0.15, -0.1) is 0 Å². The smallest absolute Gasteiger partial charge is 0.294 e. The summed E-state index contributed by atoms with van der Waals surface area (Å²) in [6.45, 7) is 0. The van der Waals surface area contributed by atoms with Crippen molar-refractivity contribution >= 4 is 37.5 Å². The van der Waals surface area contributed by atoms with Crippen molar-refractivity contribution in [3.05, 3.63) is 64.4 Å². The highest BCUT2D eigenvalue weighted by molar-refractivity contribution is 7.86. The summed E-state index contributed by atoms with van der Waals surface area (Å²) in [7, 11) is -8.99. The molecule has 2 aromatic carbocycles. The van der Waals surface area contributed by atoms with Crippen LogP contribution in [0.15, 0.2) is 57.5 Å². The number of nitrogens with one attached hydrogen (secondary N) is 1. The lowest BCUT2D eigenvalue weighted by atomic mass is 10.1. The molecule has 1 aliphatic carbocycles. The summed E-state index contributed by atoms with van der Waals surface area (Å²) in [5, 5.41) is 2.78. The van der Waals surface area contributed by atoms with Crippen molar-refractivity contribution in [2.75, 3.05) is 5.32 Å². The van der Waals surface area contributed by atoms with Crippen molar-refractivity contribution in [1.29, 1.82) is 0 Å². The molecule has 2 aliphatic rings. The Bertz CT molecular complexity index is 1230. The fourth-order valence-corrected chi connectivity index (χ4v) is 4.25. The Morgan fingerprint density at radius 1 is 0.786 bits per heavy atom. The van der Waals surface area contributed by atoms with Gasteiger partial charge in [0.15, 0.2) is 5.78 Å². The summed E-state index contributed by atoms with van der Waals surface area (Å²) >= 11 is 0. The first-order chi connectivity index (χ1) is 13.0. The van der Waals surface area contributed by atoms with E-state index in [1.807, 2.05) is 0 Å². The number of hydrogen-bond acceptors (Lipinski definition) is 7. The minimum Gasteiger partial charge on any atom is -0.351 e. The van der Waals surface area contributed by atoms with Crippen molar-refractivity contribution in [3.8, 4) is 0 Å². The van der Waals surface area contributed by atoms with Crippen LogP contribution in [0.2, 0.25) is 0 Å². The Hall–Kier alpha value is -2.86. The average Bonchev–Trinajstić information content (AvgIpc) is 3.10. The molecule has 1 aliphatic heterocycles. The lowest BCUT2D eigenvalue weighted by Crippen LogP contribution is -2.10. The van der Waals surface area contributed by atoms with Gasteiger partial charge in [0.05, 0.1) is 15.5 Å². The molecular weight excluding hydrogens is 410 g/mol. The van der Waals surface area contributed by atoms with E-state index in [1.54, 1.807) is 0 Å². The molecule has 3 N–H and O–H groups in total. The van der Waals surface area contributed by atoms with Gasteiger partial charge >= 0.3 is 0 Å². The predicted octanol–water partition coefficient (Wildman–Crippen LogP) is 1.48. The van der Waals surface area contributed by atoms with Gasteiger partial charge in [0.1, 0.15) is 0 Å². The van der Waals surface area contributed by atoms with Gasteiger partial charge in [0, 0.05) is 28.8 Å². The maximum atomic E-state index is 12.7. The van der Waals surface area contributed by atoms with E-state index in [9.17, 15) is 26.4 Å². The highest BCUT2D eigenvalue weighted by atomic mass is 32.2. The Labute approximate surface area is 159 Å². The third-order valence-electron chi connectivity index (χ3n) is 4.59. The number of anilines is 1. The topological polar surface area (TPSA) is 155 Å². The molecule has 2 aromatic rings. The molecule has 144 valence electrons. The molecule has 4 rings (SSSR count). The molecule has 0 saturated carbocycles. The van der Waals surface area contributed by atoms with E-state index >= 15 is 0 Å². The number of rotatable bonds is 2. The molecule has 0 radical (unpaired) electrons. The number of allylic oxidation sites excluding steroid dienone is 2. The number of Topliss-reactive ketones (excluding diaryl/α,β-unsaturated/α-hetero) is 2. The highest BCUT2D eigenvalue weighted by Crippen LogP contribution is 2.36. The number of fused-ring (bicyclic) bond motifs is 2. The minimum atomic E-state index is -4.50. The second-order valence-electron chi connectivity index (χ2n) is 6.29. The maximum absolute atomic E-state index is 12.7. The number of carbonyl (C=O) groups excluding carboxylic acids is 2. The van der Waals surface area contributed by atoms with Gasteiger partial charge in [-0.25, -0.2) is 0 Å². The van der Waals surface area contributed by atoms with Gasteiger partial charge in [-0.1, -0.05) is 6.07 Å². The zero-order chi connectivity index (χ0) is 20.4. The summed E-state index contributed by atoms with van der Waals surface area (Å²) in [5.41, 5.74) is 0.863. The normalized spacial score (nSPS) is 18.8. The molecule has 9 nitrogen and oxygen atoms in total. The zero-order valence-corrected chi connectivity index (χ0v) is 15.5. The van der Waals surface area contributed by atoms with Gasteiger partial charge in [0.2, 0.25) is 5.78 Å². The molecule has 0 aromatic heterocycles. The van der Waals surface area contributed by atoms with E-state index in [4.69, 9.17) is 9.11 Å². The molecule has 0 atom stereocenters. The lowest BCUT2D eigenvalue weighted by molar-refractivity contribution is 0.101. The van der Waals surface area contributed by atoms with E-state index in [-0.39, 0.29) is 34.5 Å². The largest absolute Gasteiger partial charge is 0.351 e. The first-order valence-corrected chi connectivity index (χ1v) is 10.7. The fraction of sp³-hybridized carbons (Fsp3) is 0.0588. The van der Waals surface area contributed by atoms with Crippen LogP contribution in [-0.4, -0.2) is 37.5 Å². The molecular formula is C17H11NO8S2. The molecule has 0 bridgehead atoms. The van der Waals surface area contributed by atoms with Crippen molar-refractivity contribution in [1.82, 2.24) is 0 Å². The monoisotopic (exact) mass is 421 g/mol. The first kappa shape index (κ1) is 18.5. The van der Waals surface area contributed by atoms with Gasteiger partial charge in [-0.2, -0.15) is 16.8 Å². The average molecular weight is 421 g/mol. The standard InChI is InChI=1S/C17H11NO8S2/c19-16-11-6-9(27(21,22)23)2-1-8(11)5-13(16)15-17(20)12-7-10(28(24,25)26)3-4-14(12)18-15/h1-4,6-7,18H,5H2,(H,21,22,23)(H,24,25,26)/b15-13-. The number of carbonyl (C=O) groups is 2. The van der Waals surface area contributed by atoms with Crippen molar-refractivity contribution in [2.45, 2.75) is 16.2 Å². The quantitative estimate of drug-likeness (QED) is 0.483. The van der Waals surface area contributed by atoms with Gasteiger partial charge in [-0.05, 0) is 35.9 Å². The van der Waals surface area contributed by atoms with Crippen molar-refractivity contribution in [3.63, 3.8) is 0 Å². The highest BCUT2D eigenvalue weighted by Gasteiger charge is 2.35. The summed E-state index contributed by atoms with van der Waals surface area (Å²) in [6.07, 6.45) is 0.0626. The Balaban J connectivity index is 1.79. The Morgan fingerprint density at radius 3 is 1.96 bits per heavy atom. The van der Waals surface area contributed by atoms with Crippen LogP contribution in [0.3, 0.4) is 0 Å². The Kier molecular flexibility index (Phi) is 3.84. The van der Waals surface area contributed by atoms with E-state index in [2.05, 4.69) is 5.32 Å². The van der Waals surface area contributed by atoms with E-state index in [0.29, 0.717) is 5.56 Å². The molecule has 0 fully saturated rings. The third kappa shape index (κ3) is 2.85. The number of benzene rings is 2. The van der Waals surface area contributed by atoms with Gasteiger partial charge in [0.25, 0.3) is 20.2 Å². The van der Waals surface area contributed by atoms with Crippen LogP contribution in [-0.2, 0) is 26.7 Å². The molecule has 11 heteroatoms. The van der Waals surface area contributed by atoms with Crippen LogP contribution in [0.25, 0.3) is 0 Å². The van der Waals surface area contributed by atoms with Crippen LogP contribution in [0.1, 0.15) is 26.3 Å². The van der Waals surface area contributed by atoms with Crippen molar-refractivity contribution < 1.29 is 35.5 Å². The van der Waals surface area contributed by atoms with E-state index in [1.165, 1.54) is 12.1 Å². The Morgan fingerprint density at radius 2 is 1.36 bits per heavy atom. The van der Waals surface area contributed by atoms with Gasteiger partial charge in [-0.3, -0.25) is 18.7 Å². The second kappa shape index (κ2) is 5.82. The van der Waals surface area contributed by atoms with Crippen LogP contribution >= 0.6 is 0 Å². The number of hydrogen-bond donors (Lipinski definition) is 3. The zero-order valence-electron chi connectivity index (χ0n) is 13.8. The lowest BCUT2D eigenvalue weighted by Gasteiger charge is -2.02. The van der Waals surface area contributed by atoms with Crippen LogP contribution < -0.4 is 5.32 Å².